The number of rotatable bonds is 5. The number of nitrogens with zero attached hydrogens (tertiary/aromatic N) is 3. The molecule has 0 saturated heterocycles. The first-order valence-electron chi connectivity index (χ1n) is 5.16. The molecule has 1 aromatic heterocycles. The summed E-state index contributed by atoms with van der Waals surface area (Å²) >= 11 is 0.991. The quantitative estimate of drug-likeness (QED) is 0.342. The Kier molecular flexibility index (Phi) is 5.16. The first-order valence-corrected chi connectivity index (χ1v) is 6.04. The number of ether oxygens (including phenoxy) is 2. The monoisotopic (exact) mass is 269 g/mol. The number of thiazole rings is 1. The van der Waals surface area contributed by atoms with Crippen molar-refractivity contribution in [2.24, 2.45) is 0 Å². The summed E-state index contributed by atoms with van der Waals surface area (Å²) in [7, 11) is 0. The van der Waals surface area contributed by atoms with Crippen LogP contribution < -0.4 is 0 Å². The first-order chi connectivity index (χ1) is 8.63. The molecule has 0 aliphatic rings. The van der Waals surface area contributed by atoms with E-state index in [0.29, 0.717) is 0 Å². The van der Waals surface area contributed by atoms with Crippen molar-refractivity contribution in [3.05, 3.63) is 21.6 Å². The van der Waals surface area contributed by atoms with Gasteiger partial charge >= 0.3 is 17.7 Å². The van der Waals surface area contributed by atoms with Gasteiger partial charge < -0.3 is 15.0 Å². The minimum absolute atomic E-state index is 0.0732. The summed E-state index contributed by atoms with van der Waals surface area (Å²) in [6, 6.07) is 0. The number of carbonyl (C=O) groups excluding carboxylic acids is 2. The molecule has 0 aromatic carbocycles. The van der Waals surface area contributed by atoms with Gasteiger partial charge in [-0.25, -0.2) is 14.6 Å². The smallest absolute Gasteiger partial charge is 0.425 e. The van der Waals surface area contributed by atoms with Gasteiger partial charge in [-0.1, -0.05) is 0 Å². The van der Waals surface area contributed by atoms with Gasteiger partial charge in [0, 0.05) is 5.38 Å². The van der Waals surface area contributed by atoms with Gasteiger partial charge in [-0.15, -0.1) is 11.3 Å². The largest absolute Gasteiger partial charge is 0.461 e. The molecule has 0 spiro atoms. The summed E-state index contributed by atoms with van der Waals surface area (Å²) in [6.07, 6.45) is 0. The highest BCUT2D eigenvalue weighted by Crippen LogP contribution is 2.12. The average Bonchev–Trinajstić information content (AvgIpc) is 2.80. The third-order valence-corrected chi connectivity index (χ3v) is 2.59. The van der Waals surface area contributed by atoms with Crippen LogP contribution in [0.2, 0.25) is 0 Å². The maximum atomic E-state index is 11.4. The van der Waals surface area contributed by atoms with E-state index in [0.717, 1.165) is 11.3 Å². The van der Waals surface area contributed by atoms with E-state index in [1.165, 1.54) is 5.38 Å². The minimum atomic E-state index is -0.805. The fourth-order valence-corrected chi connectivity index (χ4v) is 1.76. The zero-order valence-electron chi connectivity index (χ0n) is 9.87. The molecule has 96 valence electrons. The molecule has 1 rings (SSSR count). The third kappa shape index (κ3) is 3.22. The van der Waals surface area contributed by atoms with E-state index in [2.05, 4.69) is 14.5 Å². The number of carbonyl (C=O) groups is 2. The molecule has 0 fully saturated rings. The summed E-state index contributed by atoms with van der Waals surface area (Å²) in [5, 5.41) is 1.50. The summed E-state index contributed by atoms with van der Waals surface area (Å²) in [6.45, 7) is 3.67. The molecule has 0 bridgehead atoms. The van der Waals surface area contributed by atoms with Crippen LogP contribution in [0.15, 0.2) is 5.38 Å². The molecule has 1 aromatic rings. The number of esters is 2. The van der Waals surface area contributed by atoms with Crippen LogP contribution in [0.5, 0.6) is 0 Å². The normalized spacial score (nSPS) is 9.44. The van der Waals surface area contributed by atoms with Gasteiger partial charge in [-0.05, 0) is 13.8 Å². The predicted molar refractivity (Wildman–Crippen MR) is 62.4 cm³/mol. The van der Waals surface area contributed by atoms with E-state index >= 15 is 0 Å². The highest BCUT2D eigenvalue weighted by atomic mass is 32.1. The first kappa shape index (κ1) is 14.0. The van der Waals surface area contributed by atoms with Gasteiger partial charge in [0.25, 0.3) is 0 Å². The summed E-state index contributed by atoms with van der Waals surface area (Å²) in [5.74, 6) is -1.39. The number of hydrogen-bond acceptors (Lipinski definition) is 6. The predicted octanol–water partition coefficient (Wildman–Crippen LogP) is 0.902. The van der Waals surface area contributed by atoms with Gasteiger partial charge in [0.2, 0.25) is 5.01 Å². The number of aromatic nitrogens is 1. The van der Waals surface area contributed by atoms with Crippen molar-refractivity contribution in [3.63, 3.8) is 0 Å². The van der Waals surface area contributed by atoms with Crippen LogP contribution in [0.3, 0.4) is 0 Å². The zero-order chi connectivity index (χ0) is 13.5. The third-order valence-electron chi connectivity index (χ3n) is 1.77. The average molecular weight is 269 g/mol. The van der Waals surface area contributed by atoms with Crippen LogP contribution in [0.25, 0.3) is 5.53 Å². The fraction of sp³-hybridized carbons (Fsp3) is 0.400. The van der Waals surface area contributed by atoms with Crippen LogP contribution in [-0.4, -0.2) is 40.6 Å². The van der Waals surface area contributed by atoms with Crippen LogP contribution >= 0.6 is 11.3 Å². The van der Waals surface area contributed by atoms with E-state index in [-0.39, 0.29) is 29.6 Å². The van der Waals surface area contributed by atoms with E-state index in [4.69, 9.17) is 10.3 Å². The molecule has 0 atom stereocenters. The van der Waals surface area contributed by atoms with Gasteiger partial charge in [0.15, 0.2) is 5.69 Å². The van der Waals surface area contributed by atoms with Gasteiger partial charge in [0.1, 0.15) is 0 Å². The highest BCUT2D eigenvalue weighted by molar-refractivity contribution is 7.11. The molecule has 0 amide bonds. The van der Waals surface area contributed by atoms with Crippen molar-refractivity contribution in [1.29, 1.82) is 0 Å². The van der Waals surface area contributed by atoms with Gasteiger partial charge in [-0.3, -0.25) is 0 Å². The second-order valence-corrected chi connectivity index (χ2v) is 3.79. The van der Waals surface area contributed by atoms with Crippen LogP contribution in [0.4, 0.5) is 0 Å². The van der Waals surface area contributed by atoms with Crippen molar-refractivity contribution in [2.45, 2.75) is 13.8 Å². The Morgan fingerprint density at radius 3 is 2.61 bits per heavy atom. The lowest BCUT2D eigenvalue weighted by Gasteiger charge is -1.96. The van der Waals surface area contributed by atoms with Gasteiger partial charge in [0.05, 0.1) is 13.2 Å². The van der Waals surface area contributed by atoms with E-state index < -0.39 is 11.9 Å². The molecule has 0 N–H and O–H groups in total. The molecular weight excluding hydrogens is 258 g/mol. The van der Waals surface area contributed by atoms with Gasteiger partial charge in [-0.2, -0.15) is 4.79 Å². The molecule has 0 aliphatic carbocycles. The van der Waals surface area contributed by atoms with E-state index in [1.807, 2.05) is 0 Å². The molecule has 0 saturated carbocycles. The standard InChI is InChI=1S/C10H11N3O4S/c1-3-16-9(14)7(13-11)6-5-18-8(12-6)10(15)17-4-2/h5H,3-4H2,1-2H3. The molecule has 1 heterocycles. The van der Waals surface area contributed by atoms with E-state index in [1.54, 1.807) is 13.8 Å². The lowest BCUT2D eigenvalue weighted by Crippen LogP contribution is -2.20. The van der Waals surface area contributed by atoms with Crippen LogP contribution in [0.1, 0.15) is 29.3 Å². The fourth-order valence-electron chi connectivity index (χ4n) is 1.07. The summed E-state index contributed by atoms with van der Waals surface area (Å²) < 4.78 is 9.44. The Morgan fingerprint density at radius 1 is 1.39 bits per heavy atom. The second-order valence-electron chi connectivity index (χ2n) is 2.93. The zero-order valence-corrected chi connectivity index (χ0v) is 10.7. The Bertz CT molecular complexity index is 505. The summed E-state index contributed by atoms with van der Waals surface area (Å²) in [5.41, 5.74) is 8.49. The van der Waals surface area contributed by atoms with Crippen molar-refractivity contribution >= 4 is 29.0 Å². The van der Waals surface area contributed by atoms with Crippen LogP contribution in [0, 0.1) is 0 Å². The lowest BCUT2D eigenvalue weighted by molar-refractivity contribution is -0.139. The van der Waals surface area contributed by atoms with Crippen molar-refractivity contribution < 1.29 is 23.9 Å². The molecule has 0 unspecified atom stereocenters. The molecular formula is C10H11N3O4S. The molecule has 7 nitrogen and oxygen atoms in total. The van der Waals surface area contributed by atoms with E-state index in [9.17, 15) is 9.59 Å². The van der Waals surface area contributed by atoms with Crippen molar-refractivity contribution in [1.82, 2.24) is 4.98 Å². The summed E-state index contributed by atoms with van der Waals surface area (Å²) in [4.78, 5) is 29.5. The topological polar surface area (TPSA) is 102 Å². The Labute approximate surface area is 107 Å². The van der Waals surface area contributed by atoms with Crippen LogP contribution in [-0.2, 0) is 14.3 Å². The minimum Gasteiger partial charge on any atom is -0.461 e. The maximum Gasteiger partial charge on any atom is 0.425 e. The SMILES string of the molecule is CCOC(=O)C(=[N+]=[N-])c1csc(C(=O)OCC)n1. The van der Waals surface area contributed by atoms with Crippen molar-refractivity contribution in [2.75, 3.05) is 13.2 Å². The molecule has 8 heteroatoms. The Hall–Kier alpha value is -2.05. The lowest BCUT2D eigenvalue weighted by atomic mass is 10.3. The Balaban J connectivity index is 2.94. The highest BCUT2D eigenvalue weighted by Gasteiger charge is 2.28. The second kappa shape index (κ2) is 6.63. The molecule has 0 radical (unpaired) electrons. The number of hydrogen-bond donors (Lipinski definition) is 0. The Morgan fingerprint density at radius 2 is 2.06 bits per heavy atom. The van der Waals surface area contributed by atoms with Crippen molar-refractivity contribution in [3.8, 4) is 0 Å². The maximum absolute atomic E-state index is 11.4. The molecule has 0 aliphatic heterocycles. The molecule has 18 heavy (non-hydrogen) atoms.